The highest BCUT2D eigenvalue weighted by atomic mass is 35.5. The molecule has 0 spiro atoms. The van der Waals surface area contributed by atoms with Crippen molar-refractivity contribution in [3.63, 3.8) is 0 Å². The van der Waals surface area contributed by atoms with Gasteiger partial charge in [-0.3, -0.25) is 0 Å². The minimum atomic E-state index is -4.59. The normalized spacial score (nSPS) is 11.6. The minimum absolute atomic E-state index is 0.0567. The Balaban J connectivity index is 2.15. The Morgan fingerprint density at radius 1 is 1.33 bits per heavy atom. The van der Waals surface area contributed by atoms with Crippen LogP contribution in [0.5, 0.6) is 0 Å². The molecule has 2 aromatic rings. The number of anilines is 1. The second-order valence-corrected chi connectivity index (χ2v) is 3.44. The summed E-state index contributed by atoms with van der Waals surface area (Å²) in [4.78, 5) is 10.4. The van der Waals surface area contributed by atoms with E-state index in [2.05, 4.69) is 29.9 Å². The van der Waals surface area contributed by atoms with Crippen molar-refractivity contribution in [3.8, 4) is 0 Å². The Hall–Kier alpha value is -1.90. The molecular formula is C8H5ClF3N5O. The molecule has 0 aliphatic heterocycles. The van der Waals surface area contributed by atoms with Gasteiger partial charge in [0.2, 0.25) is 11.7 Å². The van der Waals surface area contributed by atoms with E-state index in [0.29, 0.717) is 0 Å². The van der Waals surface area contributed by atoms with Crippen molar-refractivity contribution >= 4 is 17.4 Å². The number of nitrogens with zero attached hydrogens (tertiary/aromatic N) is 4. The molecule has 10 heteroatoms. The first kappa shape index (κ1) is 12.6. The molecule has 0 amide bonds. The van der Waals surface area contributed by atoms with Crippen LogP contribution < -0.4 is 5.32 Å². The molecule has 2 aromatic heterocycles. The van der Waals surface area contributed by atoms with E-state index in [1.165, 1.54) is 0 Å². The fourth-order valence-corrected chi connectivity index (χ4v) is 1.28. The van der Waals surface area contributed by atoms with E-state index in [1.54, 1.807) is 0 Å². The predicted molar refractivity (Wildman–Crippen MR) is 53.7 cm³/mol. The lowest BCUT2D eigenvalue weighted by atomic mass is 10.4. The molecule has 0 aliphatic rings. The standard InChI is InChI=1S/C8H5ClF3N5O/c9-7-15-4(8(10,11)12)1-5(16-7)13-2-6-14-3-18-17-6/h1,3H,2H2,(H,13,15,16). The maximum Gasteiger partial charge on any atom is 0.433 e. The van der Waals surface area contributed by atoms with E-state index in [0.717, 1.165) is 12.5 Å². The number of alkyl halides is 3. The lowest BCUT2D eigenvalue weighted by Crippen LogP contribution is -2.11. The summed E-state index contributed by atoms with van der Waals surface area (Å²) >= 11 is 5.40. The van der Waals surface area contributed by atoms with Gasteiger partial charge in [-0.1, -0.05) is 5.16 Å². The van der Waals surface area contributed by atoms with Crippen molar-refractivity contribution in [2.24, 2.45) is 0 Å². The summed E-state index contributed by atoms with van der Waals surface area (Å²) in [6.07, 6.45) is -3.49. The molecule has 6 nitrogen and oxygen atoms in total. The van der Waals surface area contributed by atoms with E-state index in [4.69, 9.17) is 11.6 Å². The van der Waals surface area contributed by atoms with E-state index in [-0.39, 0.29) is 18.2 Å². The van der Waals surface area contributed by atoms with Crippen molar-refractivity contribution < 1.29 is 17.7 Å². The van der Waals surface area contributed by atoms with E-state index in [9.17, 15) is 13.2 Å². The molecule has 0 aromatic carbocycles. The largest absolute Gasteiger partial charge is 0.433 e. The number of nitrogens with one attached hydrogen (secondary N) is 1. The summed E-state index contributed by atoms with van der Waals surface area (Å²) in [6, 6.07) is 0.742. The molecule has 1 N–H and O–H groups in total. The number of hydrogen-bond donors (Lipinski definition) is 1. The zero-order valence-electron chi connectivity index (χ0n) is 8.57. The van der Waals surface area contributed by atoms with Gasteiger partial charge in [0.05, 0.1) is 6.54 Å². The Kier molecular flexibility index (Phi) is 3.32. The van der Waals surface area contributed by atoms with Gasteiger partial charge in [0.1, 0.15) is 5.82 Å². The molecule has 0 saturated carbocycles. The molecule has 0 bridgehead atoms. The van der Waals surface area contributed by atoms with Crippen molar-refractivity contribution in [2.75, 3.05) is 5.32 Å². The molecule has 0 aliphatic carbocycles. The number of rotatable bonds is 3. The predicted octanol–water partition coefficient (Wildman–Crippen LogP) is 2.14. The van der Waals surface area contributed by atoms with Crippen molar-refractivity contribution in [1.29, 1.82) is 0 Å². The Bertz CT molecular complexity index is 530. The second kappa shape index (κ2) is 4.77. The van der Waals surface area contributed by atoms with Gasteiger partial charge in [-0.25, -0.2) is 9.97 Å². The summed E-state index contributed by atoms with van der Waals surface area (Å²) < 4.78 is 41.8. The zero-order valence-corrected chi connectivity index (χ0v) is 9.33. The van der Waals surface area contributed by atoms with Crippen molar-refractivity contribution in [3.05, 3.63) is 29.3 Å². The molecule has 2 rings (SSSR count). The van der Waals surface area contributed by atoms with Gasteiger partial charge in [0.25, 0.3) is 0 Å². The highest BCUT2D eigenvalue weighted by molar-refractivity contribution is 6.28. The van der Waals surface area contributed by atoms with Crippen LogP contribution in [0.15, 0.2) is 17.0 Å². The zero-order chi connectivity index (χ0) is 13.2. The van der Waals surface area contributed by atoms with Gasteiger partial charge in [-0.15, -0.1) is 0 Å². The van der Waals surface area contributed by atoms with E-state index >= 15 is 0 Å². The molecule has 0 unspecified atom stereocenters. The van der Waals surface area contributed by atoms with Crippen LogP contribution in [0.4, 0.5) is 19.0 Å². The van der Waals surface area contributed by atoms with Crippen LogP contribution in [0, 0.1) is 0 Å². The molecule has 0 atom stereocenters. The summed E-state index contributed by atoms with van der Waals surface area (Å²) in [5.41, 5.74) is -1.13. The van der Waals surface area contributed by atoms with Gasteiger partial charge < -0.3 is 9.84 Å². The number of halogens is 4. The summed E-state index contributed by atoms with van der Waals surface area (Å²) in [5.74, 6) is 0.199. The van der Waals surface area contributed by atoms with Crippen LogP contribution in [-0.4, -0.2) is 20.1 Å². The number of hydrogen-bond acceptors (Lipinski definition) is 6. The van der Waals surface area contributed by atoms with Crippen LogP contribution in [0.3, 0.4) is 0 Å². The van der Waals surface area contributed by atoms with E-state index < -0.39 is 17.2 Å². The third kappa shape index (κ3) is 3.06. The van der Waals surface area contributed by atoms with Gasteiger partial charge in [0, 0.05) is 6.07 Å². The molecule has 2 heterocycles. The molecule has 0 radical (unpaired) electrons. The summed E-state index contributed by atoms with van der Waals surface area (Å²) in [5, 5.41) is 5.56. The Morgan fingerprint density at radius 2 is 2.11 bits per heavy atom. The number of aromatic nitrogens is 4. The van der Waals surface area contributed by atoms with Crippen LogP contribution in [-0.2, 0) is 12.7 Å². The van der Waals surface area contributed by atoms with Gasteiger partial charge >= 0.3 is 6.18 Å². The first-order valence-electron chi connectivity index (χ1n) is 4.56. The van der Waals surface area contributed by atoms with Crippen LogP contribution in [0.25, 0.3) is 0 Å². The SMILES string of the molecule is FC(F)(F)c1cc(NCc2ncon2)nc(Cl)n1. The fourth-order valence-electron chi connectivity index (χ4n) is 1.09. The molecule has 18 heavy (non-hydrogen) atoms. The van der Waals surface area contributed by atoms with Gasteiger partial charge in [-0.2, -0.15) is 18.2 Å². The van der Waals surface area contributed by atoms with Gasteiger partial charge in [0.15, 0.2) is 11.5 Å². The third-order valence-electron chi connectivity index (χ3n) is 1.82. The van der Waals surface area contributed by atoms with E-state index in [1.807, 2.05) is 0 Å². The van der Waals surface area contributed by atoms with Gasteiger partial charge in [-0.05, 0) is 11.6 Å². The lowest BCUT2D eigenvalue weighted by Gasteiger charge is -2.08. The molecule has 0 saturated heterocycles. The minimum Gasteiger partial charge on any atom is -0.362 e. The lowest BCUT2D eigenvalue weighted by molar-refractivity contribution is -0.141. The maximum absolute atomic E-state index is 12.4. The van der Waals surface area contributed by atoms with Crippen LogP contribution >= 0.6 is 11.6 Å². The average molecular weight is 280 g/mol. The summed E-state index contributed by atoms with van der Waals surface area (Å²) in [6.45, 7) is 0.0567. The summed E-state index contributed by atoms with van der Waals surface area (Å²) in [7, 11) is 0. The highest BCUT2D eigenvalue weighted by Crippen LogP contribution is 2.29. The topological polar surface area (TPSA) is 76.7 Å². The maximum atomic E-state index is 12.4. The van der Waals surface area contributed by atoms with Crippen LogP contribution in [0.2, 0.25) is 5.28 Å². The van der Waals surface area contributed by atoms with Crippen molar-refractivity contribution in [2.45, 2.75) is 12.7 Å². The van der Waals surface area contributed by atoms with Crippen molar-refractivity contribution in [1.82, 2.24) is 20.1 Å². The molecular weight excluding hydrogens is 275 g/mol. The molecule has 0 fully saturated rings. The second-order valence-electron chi connectivity index (χ2n) is 3.11. The third-order valence-corrected chi connectivity index (χ3v) is 1.99. The Morgan fingerprint density at radius 3 is 2.72 bits per heavy atom. The quantitative estimate of drug-likeness (QED) is 0.868. The first-order chi connectivity index (χ1) is 8.45. The first-order valence-corrected chi connectivity index (χ1v) is 4.94. The van der Waals surface area contributed by atoms with Crippen LogP contribution in [0.1, 0.15) is 11.5 Å². The average Bonchev–Trinajstić information content (AvgIpc) is 2.77. The fraction of sp³-hybridized carbons (Fsp3) is 0.250. The molecule has 96 valence electrons. The smallest absolute Gasteiger partial charge is 0.362 e. The Labute approximate surface area is 103 Å². The highest BCUT2D eigenvalue weighted by Gasteiger charge is 2.33. The monoisotopic (exact) mass is 279 g/mol.